The lowest BCUT2D eigenvalue weighted by Crippen LogP contribution is -2.16. The summed E-state index contributed by atoms with van der Waals surface area (Å²) in [5, 5.41) is -1.22. The van der Waals surface area contributed by atoms with E-state index in [2.05, 4.69) is 0 Å². The maximum atomic E-state index is 11.0. The van der Waals surface area contributed by atoms with Crippen LogP contribution in [0.3, 0.4) is 0 Å². The smallest absolute Gasteiger partial charge is 0.323 e. The van der Waals surface area contributed by atoms with Crippen LogP contribution in [0.2, 0.25) is 0 Å². The van der Waals surface area contributed by atoms with Crippen LogP contribution in [0.25, 0.3) is 0 Å². The van der Waals surface area contributed by atoms with Gasteiger partial charge in [0.25, 0.3) is 0 Å². The SMILES string of the molecule is CC(Cl)C(=O)OCCCCCOC(=O)C(C)Cl. The van der Waals surface area contributed by atoms with Gasteiger partial charge in [-0.05, 0) is 33.1 Å². The van der Waals surface area contributed by atoms with E-state index in [4.69, 9.17) is 32.7 Å². The van der Waals surface area contributed by atoms with Gasteiger partial charge in [-0.1, -0.05) is 0 Å². The summed E-state index contributed by atoms with van der Waals surface area (Å²) in [6, 6.07) is 0. The number of alkyl halides is 2. The van der Waals surface area contributed by atoms with Crippen LogP contribution in [-0.4, -0.2) is 35.9 Å². The normalized spacial score (nSPS) is 13.9. The molecule has 2 atom stereocenters. The number of rotatable bonds is 8. The summed E-state index contributed by atoms with van der Waals surface area (Å²) in [5.41, 5.74) is 0. The molecule has 0 aliphatic carbocycles. The molecule has 0 spiro atoms. The molecular formula is C11H18Cl2O4. The van der Waals surface area contributed by atoms with Crippen LogP contribution in [0.1, 0.15) is 33.1 Å². The predicted molar refractivity (Wildman–Crippen MR) is 66.4 cm³/mol. The van der Waals surface area contributed by atoms with Gasteiger partial charge >= 0.3 is 11.9 Å². The second-order valence-electron chi connectivity index (χ2n) is 3.63. The summed E-state index contributed by atoms with van der Waals surface area (Å²) >= 11 is 11.0. The largest absolute Gasteiger partial charge is 0.465 e. The molecule has 0 rings (SSSR count). The van der Waals surface area contributed by atoms with Gasteiger partial charge in [0.15, 0.2) is 0 Å². The first-order valence-electron chi connectivity index (χ1n) is 5.56. The highest BCUT2D eigenvalue weighted by Gasteiger charge is 2.10. The van der Waals surface area contributed by atoms with E-state index in [0.29, 0.717) is 13.2 Å². The van der Waals surface area contributed by atoms with Gasteiger partial charge in [-0.3, -0.25) is 9.59 Å². The lowest BCUT2D eigenvalue weighted by atomic mass is 10.2. The molecule has 0 aliphatic heterocycles. The van der Waals surface area contributed by atoms with E-state index < -0.39 is 22.7 Å². The third-order valence-corrected chi connectivity index (χ3v) is 2.28. The van der Waals surface area contributed by atoms with Gasteiger partial charge in [0.1, 0.15) is 10.8 Å². The molecule has 0 aromatic heterocycles. The fraction of sp³-hybridized carbons (Fsp3) is 0.818. The standard InChI is InChI=1S/C11H18Cl2O4/c1-8(12)10(14)16-6-4-3-5-7-17-11(15)9(2)13/h8-9H,3-7H2,1-2H3. The van der Waals surface area contributed by atoms with Crippen molar-refractivity contribution in [3.05, 3.63) is 0 Å². The number of esters is 2. The van der Waals surface area contributed by atoms with Gasteiger partial charge in [0.2, 0.25) is 0 Å². The maximum absolute atomic E-state index is 11.0. The van der Waals surface area contributed by atoms with Crippen LogP contribution in [0.5, 0.6) is 0 Å². The van der Waals surface area contributed by atoms with E-state index in [9.17, 15) is 9.59 Å². The molecule has 0 N–H and O–H groups in total. The van der Waals surface area contributed by atoms with E-state index in [1.165, 1.54) is 0 Å². The average Bonchev–Trinajstić information content (AvgIpc) is 2.26. The summed E-state index contributed by atoms with van der Waals surface area (Å²) in [4.78, 5) is 21.9. The fourth-order valence-corrected chi connectivity index (χ4v) is 1.08. The molecule has 0 aromatic carbocycles. The molecule has 0 aliphatic rings. The van der Waals surface area contributed by atoms with Crippen molar-refractivity contribution in [2.75, 3.05) is 13.2 Å². The molecule has 0 aromatic rings. The van der Waals surface area contributed by atoms with E-state index in [-0.39, 0.29) is 0 Å². The van der Waals surface area contributed by atoms with Crippen molar-refractivity contribution in [1.29, 1.82) is 0 Å². The first-order chi connectivity index (χ1) is 7.95. The molecule has 0 fully saturated rings. The van der Waals surface area contributed by atoms with Crippen molar-refractivity contribution in [3.63, 3.8) is 0 Å². The highest BCUT2D eigenvalue weighted by molar-refractivity contribution is 6.29. The lowest BCUT2D eigenvalue weighted by molar-refractivity contribution is -0.143. The van der Waals surface area contributed by atoms with Crippen molar-refractivity contribution in [3.8, 4) is 0 Å². The summed E-state index contributed by atoms with van der Waals surface area (Å²) in [7, 11) is 0. The summed E-state index contributed by atoms with van der Waals surface area (Å²) in [6.07, 6.45) is 2.26. The Hall–Kier alpha value is -0.480. The molecular weight excluding hydrogens is 267 g/mol. The van der Waals surface area contributed by atoms with Crippen molar-refractivity contribution in [1.82, 2.24) is 0 Å². The van der Waals surface area contributed by atoms with Crippen LogP contribution < -0.4 is 0 Å². The Bertz CT molecular complexity index is 218. The molecule has 2 unspecified atom stereocenters. The van der Waals surface area contributed by atoms with E-state index in [1.54, 1.807) is 13.8 Å². The number of hydrogen-bond donors (Lipinski definition) is 0. The molecule has 0 saturated heterocycles. The second kappa shape index (κ2) is 9.54. The average molecular weight is 285 g/mol. The van der Waals surface area contributed by atoms with Gasteiger partial charge in [-0.2, -0.15) is 0 Å². The minimum Gasteiger partial charge on any atom is -0.465 e. The fourth-order valence-electron chi connectivity index (χ4n) is 0.956. The molecule has 0 saturated carbocycles. The Labute approximate surface area is 112 Å². The molecule has 0 bridgehead atoms. The molecule has 17 heavy (non-hydrogen) atoms. The zero-order valence-corrected chi connectivity index (χ0v) is 11.6. The van der Waals surface area contributed by atoms with Gasteiger partial charge in [0, 0.05) is 0 Å². The molecule has 0 amide bonds. The van der Waals surface area contributed by atoms with Crippen LogP contribution in [0, 0.1) is 0 Å². The molecule has 0 radical (unpaired) electrons. The van der Waals surface area contributed by atoms with Crippen LogP contribution in [0.4, 0.5) is 0 Å². The Morgan fingerprint density at radius 1 is 0.882 bits per heavy atom. The molecule has 100 valence electrons. The Morgan fingerprint density at radius 3 is 1.53 bits per heavy atom. The van der Waals surface area contributed by atoms with Crippen LogP contribution >= 0.6 is 23.2 Å². The Kier molecular flexibility index (Phi) is 9.27. The van der Waals surface area contributed by atoms with Gasteiger partial charge in [-0.25, -0.2) is 0 Å². The molecule has 0 heterocycles. The molecule has 6 heteroatoms. The first-order valence-corrected chi connectivity index (χ1v) is 6.44. The lowest BCUT2D eigenvalue weighted by Gasteiger charge is -2.07. The highest BCUT2D eigenvalue weighted by atomic mass is 35.5. The number of halogens is 2. The Balaban J connectivity index is 3.30. The quantitative estimate of drug-likeness (QED) is 0.390. The third kappa shape index (κ3) is 9.24. The Morgan fingerprint density at radius 2 is 1.24 bits per heavy atom. The van der Waals surface area contributed by atoms with E-state index in [0.717, 1.165) is 19.3 Å². The predicted octanol–water partition coefficient (Wildman–Crippen LogP) is 2.50. The van der Waals surface area contributed by atoms with Crippen molar-refractivity contribution in [2.45, 2.75) is 43.9 Å². The third-order valence-electron chi connectivity index (χ3n) is 1.93. The second-order valence-corrected chi connectivity index (χ2v) is 4.94. The van der Waals surface area contributed by atoms with E-state index in [1.807, 2.05) is 0 Å². The zero-order valence-electron chi connectivity index (χ0n) is 10.1. The number of carbonyl (C=O) groups is 2. The monoisotopic (exact) mass is 284 g/mol. The van der Waals surface area contributed by atoms with Gasteiger partial charge < -0.3 is 9.47 Å². The number of ether oxygens (including phenoxy) is 2. The van der Waals surface area contributed by atoms with Crippen LogP contribution in [0.15, 0.2) is 0 Å². The highest BCUT2D eigenvalue weighted by Crippen LogP contribution is 2.02. The number of unbranched alkanes of at least 4 members (excludes halogenated alkanes) is 2. The molecule has 4 nitrogen and oxygen atoms in total. The summed E-state index contributed by atoms with van der Waals surface area (Å²) in [6.45, 7) is 3.82. The number of hydrogen-bond acceptors (Lipinski definition) is 4. The van der Waals surface area contributed by atoms with Crippen molar-refractivity contribution < 1.29 is 19.1 Å². The van der Waals surface area contributed by atoms with E-state index >= 15 is 0 Å². The minimum atomic E-state index is -0.610. The minimum absolute atomic E-state index is 0.343. The summed E-state index contributed by atoms with van der Waals surface area (Å²) < 4.78 is 9.74. The van der Waals surface area contributed by atoms with Crippen molar-refractivity contribution >= 4 is 35.1 Å². The van der Waals surface area contributed by atoms with Gasteiger partial charge in [-0.15, -0.1) is 23.2 Å². The van der Waals surface area contributed by atoms with Gasteiger partial charge in [0.05, 0.1) is 13.2 Å². The van der Waals surface area contributed by atoms with Crippen LogP contribution in [-0.2, 0) is 19.1 Å². The maximum Gasteiger partial charge on any atom is 0.323 e. The topological polar surface area (TPSA) is 52.6 Å². The number of carbonyl (C=O) groups excluding carboxylic acids is 2. The first kappa shape index (κ1) is 16.5. The zero-order chi connectivity index (χ0) is 13.3. The summed E-state index contributed by atoms with van der Waals surface area (Å²) in [5.74, 6) is -0.817. The van der Waals surface area contributed by atoms with Crippen molar-refractivity contribution in [2.24, 2.45) is 0 Å².